The zero-order valence-electron chi connectivity index (χ0n) is 20.4. The van der Waals surface area contributed by atoms with Crippen molar-refractivity contribution in [2.45, 2.75) is 90.4 Å². The Morgan fingerprint density at radius 3 is 2.59 bits per heavy atom. The monoisotopic (exact) mass is 470 g/mol. The maximum absolute atomic E-state index is 13.1. The van der Waals surface area contributed by atoms with Gasteiger partial charge < -0.3 is 19.7 Å². The third-order valence-corrected chi connectivity index (χ3v) is 10.8. The third kappa shape index (κ3) is 3.00. The summed E-state index contributed by atoms with van der Waals surface area (Å²) in [5.74, 6) is 1.44. The first-order valence-electron chi connectivity index (χ1n) is 13.4. The maximum atomic E-state index is 13.1. The zero-order valence-corrected chi connectivity index (χ0v) is 20.4. The first-order valence-corrected chi connectivity index (χ1v) is 13.4. The molecule has 0 amide bonds. The van der Waals surface area contributed by atoms with Crippen LogP contribution in [0.4, 0.5) is 0 Å². The Bertz CT molecular complexity index is 960. The molecular weight excluding hydrogens is 432 g/mol. The van der Waals surface area contributed by atoms with Crippen LogP contribution in [-0.2, 0) is 19.1 Å². The van der Waals surface area contributed by atoms with Crippen molar-refractivity contribution in [1.29, 1.82) is 0 Å². The number of aliphatic hydroxyl groups is 2. The molecule has 4 saturated carbocycles. The van der Waals surface area contributed by atoms with Crippen LogP contribution in [-0.4, -0.2) is 40.8 Å². The first-order chi connectivity index (χ1) is 16.3. The van der Waals surface area contributed by atoms with Gasteiger partial charge in [-0.05, 0) is 75.2 Å². The average molecular weight is 471 g/mol. The van der Waals surface area contributed by atoms with Gasteiger partial charge in [-0.1, -0.05) is 31.8 Å². The summed E-state index contributed by atoms with van der Waals surface area (Å²) in [5, 5.41) is 21.3. The van der Waals surface area contributed by atoms with Gasteiger partial charge >= 0.3 is 0 Å². The molecule has 6 aliphatic rings. The number of hydrogen-bond donors (Lipinski definition) is 2. The summed E-state index contributed by atoms with van der Waals surface area (Å²) in [5.41, 5.74) is 0.209. The van der Waals surface area contributed by atoms with Crippen molar-refractivity contribution < 1.29 is 29.3 Å². The highest BCUT2D eigenvalue weighted by molar-refractivity contribution is 6.05. The lowest BCUT2D eigenvalue weighted by Gasteiger charge is -2.59. The highest BCUT2D eigenvalue weighted by Crippen LogP contribution is 2.68. The summed E-state index contributed by atoms with van der Waals surface area (Å²) >= 11 is 0. The lowest BCUT2D eigenvalue weighted by molar-refractivity contribution is -0.148. The van der Waals surface area contributed by atoms with E-state index in [2.05, 4.69) is 13.8 Å². The smallest absolute Gasteiger partial charge is 0.244 e. The molecule has 2 N–H and O–H groups in total. The van der Waals surface area contributed by atoms with Gasteiger partial charge in [0.15, 0.2) is 11.5 Å². The van der Waals surface area contributed by atoms with Crippen LogP contribution in [0.5, 0.6) is 0 Å². The fraction of sp³-hybridized carbons (Fsp3) is 0.786. The van der Waals surface area contributed by atoms with Gasteiger partial charge in [0.25, 0.3) is 0 Å². The van der Waals surface area contributed by atoms with E-state index in [-0.39, 0.29) is 34.7 Å². The molecule has 0 aromatic heterocycles. The van der Waals surface area contributed by atoms with Crippen molar-refractivity contribution in [1.82, 2.24) is 0 Å². The van der Waals surface area contributed by atoms with Gasteiger partial charge in [-0.25, -0.2) is 0 Å². The van der Waals surface area contributed by atoms with E-state index in [9.17, 15) is 19.8 Å². The molecule has 6 nitrogen and oxygen atoms in total. The van der Waals surface area contributed by atoms with Gasteiger partial charge in [0.1, 0.15) is 6.61 Å². The van der Waals surface area contributed by atoms with E-state index in [0.29, 0.717) is 29.8 Å². The van der Waals surface area contributed by atoms with E-state index >= 15 is 0 Å². The molecule has 0 bridgehead atoms. The summed E-state index contributed by atoms with van der Waals surface area (Å²) in [6, 6.07) is 0. The number of rotatable bonds is 3. The molecule has 0 aromatic rings. The van der Waals surface area contributed by atoms with Gasteiger partial charge in [0, 0.05) is 17.8 Å². The van der Waals surface area contributed by atoms with Crippen molar-refractivity contribution in [3.05, 3.63) is 23.2 Å². The van der Waals surface area contributed by atoms with Gasteiger partial charge in [0.05, 0.1) is 11.5 Å². The predicted molar refractivity (Wildman–Crippen MR) is 124 cm³/mol. The molecule has 0 saturated heterocycles. The van der Waals surface area contributed by atoms with Crippen LogP contribution in [0.3, 0.4) is 0 Å². The van der Waals surface area contributed by atoms with Crippen LogP contribution in [0.2, 0.25) is 0 Å². The number of carbonyl (C=O) groups is 2. The molecule has 1 aliphatic heterocycles. The molecule has 1 heterocycles. The summed E-state index contributed by atoms with van der Waals surface area (Å²) < 4.78 is 12.8. The summed E-state index contributed by atoms with van der Waals surface area (Å²) in [4.78, 5) is 25.6. The second-order valence-electron chi connectivity index (χ2n) is 12.3. The second-order valence-corrected chi connectivity index (χ2v) is 12.3. The van der Waals surface area contributed by atoms with Gasteiger partial charge in [-0.3, -0.25) is 9.59 Å². The summed E-state index contributed by atoms with van der Waals surface area (Å²) in [6.07, 6.45) is 10.4. The van der Waals surface area contributed by atoms with E-state index in [4.69, 9.17) is 9.47 Å². The third-order valence-electron chi connectivity index (χ3n) is 10.8. The second kappa shape index (κ2) is 7.92. The quantitative estimate of drug-likeness (QED) is 0.646. The van der Waals surface area contributed by atoms with Crippen molar-refractivity contribution in [3.63, 3.8) is 0 Å². The predicted octanol–water partition coefficient (Wildman–Crippen LogP) is 4.05. The van der Waals surface area contributed by atoms with Crippen molar-refractivity contribution in [2.24, 2.45) is 40.4 Å². The Kier molecular flexibility index (Phi) is 5.31. The lowest BCUT2D eigenvalue weighted by atomic mass is 9.46. The Labute approximate surface area is 201 Å². The van der Waals surface area contributed by atoms with E-state index < -0.39 is 24.4 Å². The molecule has 8 atom stereocenters. The molecule has 186 valence electrons. The van der Waals surface area contributed by atoms with Crippen molar-refractivity contribution in [2.75, 3.05) is 6.61 Å². The van der Waals surface area contributed by atoms with E-state index in [0.717, 1.165) is 44.1 Å². The van der Waals surface area contributed by atoms with Crippen LogP contribution >= 0.6 is 0 Å². The maximum Gasteiger partial charge on any atom is 0.244 e. The topological polar surface area (TPSA) is 93.1 Å². The number of Topliss-reactive ketones (excluding diaryl/α,β-unsaturated/α-hetero) is 1. The Morgan fingerprint density at radius 1 is 1.09 bits per heavy atom. The van der Waals surface area contributed by atoms with E-state index in [1.165, 1.54) is 19.3 Å². The van der Waals surface area contributed by atoms with Crippen LogP contribution in [0.1, 0.15) is 78.1 Å². The first kappa shape index (κ1) is 22.8. The molecule has 4 fully saturated rings. The van der Waals surface area contributed by atoms with E-state index in [1.54, 1.807) is 6.08 Å². The molecule has 6 rings (SSSR count). The molecule has 34 heavy (non-hydrogen) atoms. The van der Waals surface area contributed by atoms with Gasteiger partial charge in [-0.15, -0.1) is 0 Å². The molecule has 0 radical (unpaired) electrons. The summed E-state index contributed by atoms with van der Waals surface area (Å²) in [7, 11) is 0. The number of ether oxygens (including phenoxy) is 2. The average Bonchev–Trinajstić information content (AvgIpc) is 3.43. The molecule has 0 aromatic carbocycles. The minimum Gasteiger partial charge on any atom is -0.454 e. The number of allylic oxidation sites excluding steroid dienone is 2. The van der Waals surface area contributed by atoms with Crippen LogP contribution in [0.15, 0.2) is 23.2 Å². The fourth-order valence-corrected chi connectivity index (χ4v) is 9.24. The van der Waals surface area contributed by atoms with Crippen molar-refractivity contribution in [3.8, 4) is 0 Å². The number of hydrogen-bond acceptors (Lipinski definition) is 6. The van der Waals surface area contributed by atoms with Gasteiger partial charge in [-0.2, -0.15) is 0 Å². The highest BCUT2D eigenvalue weighted by atomic mass is 16.7. The highest BCUT2D eigenvalue weighted by Gasteiger charge is 2.65. The summed E-state index contributed by atoms with van der Waals surface area (Å²) in [6.45, 7) is 3.88. The van der Waals surface area contributed by atoms with Crippen LogP contribution in [0, 0.1) is 40.4 Å². The fourth-order valence-electron chi connectivity index (χ4n) is 9.24. The molecular formula is C28H38O6. The Morgan fingerprint density at radius 2 is 1.85 bits per heavy atom. The minimum atomic E-state index is -0.605. The normalized spacial score (nSPS) is 46.0. The minimum absolute atomic E-state index is 0.0691. The largest absolute Gasteiger partial charge is 0.454 e. The Balaban J connectivity index is 1.35. The van der Waals surface area contributed by atoms with Crippen molar-refractivity contribution >= 4 is 11.6 Å². The number of ketones is 2. The SMILES string of the molecule is C[C@@]12C(=CC(=O)C3=C1O[C@@H](C1CCCCC1)O3)CC[C@@H]1[C@@H]2C(O)C[C@]2(C)[C@@H](C(=O)CO)CC[C@@H]12. The van der Waals surface area contributed by atoms with E-state index in [1.807, 2.05) is 0 Å². The van der Waals surface area contributed by atoms with Crippen LogP contribution < -0.4 is 0 Å². The molecule has 0 spiro atoms. The molecule has 5 aliphatic carbocycles. The lowest BCUT2D eigenvalue weighted by Crippen LogP contribution is -2.57. The van der Waals surface area contributed by atoms with Gasteiger partial charge in [0.2, 0.25) is 17.8 Å². The molecule has 6 heteroatoms. The number of carbonyl (C=O) groups excluding carboxylic acids is 2. The number of fused-ring (bicyclic) bond motifs is 6. The standard InChI is InChI=1S/C28H38O6/c1-27-13-21(31)23-17(18(27)10-11-19(27)22(32)14-29)9-8-16-12-20(30)24-25(28(16,23)2)34-26(33-24)15-6-4-3-5-7-15/h12,15,17-19,21,23,26,29,31H,3-11,13-14H2,1-2H3/t17-,18-,19+,21?,23+,26-,27-,28-/m0/s1. The zero-order chi connectivity index (χ0) is 23.8. The van der Waals surface area contributed by atoms with Crippen LogP contribution in [0.25, 0.3) is 0 Å². The Hall–Kier alpha value is -1.66. The number of aliphatic hydroxyl groups excluding tert-OH is 2. The molecule has 1 unspecified atom stereocenters.